The highest BCUT2D eigenvalue weighted by atomic mass is 32.2. The van der Waals surface area contributed by atoms with E-state index in [1.54, 1.807) is 30.1 Å². The third kappa shape index (κ3) is 3.37. The molecule has 7 heteroatoms. The summed E-state index contributed by atoms with van der Waals surface area (Å²) in [4.78, 5) is 28.5. The van der Waals surface area contributed by atoms with Crippen molar-refractivity contribution in [2.24, 2.45) is 4.99 Å². The van der Waals surface area contributed by atoms with Crippen LogP contribution in [0.4, 0.5) is 11.4 Å². The number of fused-ring (bicyclic) bond motifs is 2. The van der Waals surface area contributed by atoms with Crippen LogP contribution in [0, 0.1) is 0 Å². The maximum atomic E-state index is 12.2. The van der Waals surface area contributed by atoms with Crippen molar-refractivity contribution in [2.75, 3.05) is 19.5 Å². The van der Waals surface area contributed by atoms with Gasteiger partial charge in [-0.2, -0.15) is 0 Å². The SMILES string of the molecule is CNc1cccnc1C1=Nc2cc(C(=O)NOC)ccc2Sc2ccccc21. The third-order valence-electron chi connectivity index (χ3n) is 4.31. The molecule has 28 heavy (non-hydrogen) atoms. The number of rotatable bonds is 4. The number of nitrogens with zero attached hydrogens (tertiary/aromatic N) is 2. The van der Waals surface area contributed by atoms with Crippen LogP contribution in [0.3, 0.4) is 0 Å². The Bertz CT molecular complexity index is 1080. The van der Waals surface area contributed by atoms with Gasteiger partial charge in [-0.25, -0.2) is 10.5 Å². The fourth-order valence-electron chi connectivity index (χ4n) is 3.01. The molecule has 0 atom stereocenters. The normalized spacial score (nSPS) is 12.3. The van der Waals surface area contributed by atoms with Gasteiger partial charge in [0.05, 0.1) is 24.2 Å². The Kier molecular flexibility index (Phi) is 5.10. The Morgan fingerprint density at radius 3 is 2.75 bits per heavy atom. The first-order valence-electron chi connectivity index (χ1n) is 8.67. The van der Waals surface area contributed by atoms with Crippen LogP contribution in [-0.2, 0) is 4.84 Å². The number of nitrogens with one attached hydrogen (secondary N) is 2. The fourth-order valence-corrected chi connectivity index (χ4v) is 4.01. The van der Waals surface area contributed by atoms with Gasteiger partial charge < -0.3 is 5.32 Å². The molecule has 1 aliphatic heterocycles. The van der Waals surface area contributed by atoms with Crippen LogP contribution in [0.5, 0.6) is 0 Å². The van der Waals surface area contributed by atoms with Crippen LogP contribution in [0.2, 0.25) is 0 Å². The number of pyridine rings is 1. The first-order valence-corrected chi connectivity index (χ1v) is 9.49. The molecule has 4 rings (SSSR count). The Hall–Kier alpha value is -3.16. The van der Waals surface area contributed by atoms with E-state index in [9.17, 15) is 4.79 Å². The van der Waals surface area contributed by atoms with E-state index in [1.807, 2.05) is 43.4 Å². The molecule has 2 N–H and O–H groups in total. The van der Waals surface area contributed by atoms with Crippen LogP contribution in [0.1, 0.15) is 21.6 Å². The van der Waals surface area contributed by atoms with Gasteiger partial charge >= 0.3 is 0 Å². The summed E-state index contributed by atoms with van der Waals surface area (Å²) in [5, 5.41) is 3.18. The number of hydrogen-bond donors (Lipinski definition) is 2. The zero-order valence-electron chi connectivity index (χ0n) is 15.4. The zero-order chi connectivity index (χ0) is 19.5. The minimum atomic E-state index is -0.317. The third-order valence-corrected chi connectivity index (χ3v) is 5.45. The van der Waals surface area contributed by atoms with Crippen molar-refractivity contribution in [2.45, 2.75) is 9.79 Å². The summed E-state index contributed by atoms with van der Waals surface area (Å²) in [5.74, 6) is -0.317. The smallest absolute Gasteiger partial charge is 0.274 e. The average molecular weight is 390 g/mol. The molecule has 0 bridgehead atoms. The fraction of sp³-hybridized carbons (Fsp3) is 0.0952. The topological polar surface area (TPSA) is 75.6 Å². The number of amides is 1. The minimum absolute atomic E-state index is 0.317. The number of carbonyl (C=O) groups is 1. The number of hydrogen-bond acceptors (Lipinski definition) is 6. The van der Waals surface area contributed by atoms with E-state index in [-0.39, 0.29) is 5.91 Å². The average Bonchev–Trinajstić information content (AvgIpc) is 2.90. The van der Waals surface area contributed by atoms with Gasteiger partial charge in [0, 0.05) is 34.2 Å². The summed E-state index contributed by atoms with van der Waals surface area (Å²) < 4.78 is 0. The lowest BCUT2D eigenvalue weighted by molar-refractivity contribution is 0.0537. The van der Waals surface area contributed by atoms with E-state index in [4.69, 9.17) is 9.83 Å². The molecule has 0 saturated heterocycles. The first-order chi connectivity index (χ1) is 13.7. The molecule has 0 fully saturated rings. The van der Waals surface area contributed by atoms with Gasteiger partial charge in [0.1, 0.15) is 5.69 Å². The number of aromatic nitrogens is 1. The number of aliphatic imine (C=N–C) groups is 1. The van der Waals surface area contributed by atoms with Gasteiger partial charge in [-0.05, 0) is 36.4 Å². The van der Waals surface area contributed by atoms with E-state index in [1.165, 1.54) is 7.11 Å². The second kappa shape index (κ2) is 7.84. The molecule has 0 unspecified atom stereocenters. The monoisotopic (exact) mass is 390 g/mol. The zero-order valence-corrected chi connectivity index (χ0v) is 16.2. The van der Waals surface area contributed by atoms with Crippen LogP contribution < -0.4 is 10.8 Å². The molecule has 140 valence electrons. The summed E-state index contributed by atoms with van der Waals surface area (Å²) in [6.07, 6.45) is 1.75. The summed E-state index contributed by atoms with van der Waals surface area (Å²) in [6.45, 7) is 0. The summed E-state index contributed by atoms with van der Waals surface area (Å²) in [6, 6.07) is 17.4. The lowest BCUT2D eigenvalue weighted by Crippen LogP contribution is -2.21. The lowest BCUT2D eigenvalue weighted by atomic mass is 10.0. The van der Waals surface area contributed by atoms with Crippen LogP contribution in [-0.4, -0.2) is 30.8 Å². The van der Waals surface area contributed by atoms with Crippen LogP contribution >= 0.6 is 11.8 Å². The molecule has 0 radical (unpaired) electrons. The molecule has 0 saturated carbocycles. The van der Waals surface area contributed by atoms with Gasteiger partial charge in [0.15, 0.2) is 0 Å². The lowest BCUT2D eigenvalue weighted by Gasteiger charge is -2.12. The van der Waals surface area contributed by atoms with Gasteiger partial charge in [-0.15, -0.1) is 0 Å². The molecule has 0 aliphatic carbocycles. The van der Waals surface area contributed by atoms with Crippen molar-refractivity contribution in [1.82, 2.24) is 10.5 Å². The standard InChI is InChI=1S/C21H18N4O2S/c1-22-15-7-5-11-23-20(15)19-14-6-3-4-8-17(14)28-18-10-9-13(12-16(18)24-19)21(26)25-27-2/h3-12,22H,1-2H3,(H,25,26). The van der Waals surface area contributed by atoms with E-state index in [0.29, 0.717) is 11.3 Å². The molecule has 1 aliphatic rings. The maximum absolute atomic E-state index is 12.2. The highest BCUT2D eigenvalue weighted by molar-refractivity contribution is 7.99. The molecule has 2 aromatic carbocycles. The molecular weight excluding hydrogens is 372 g/mol. The maximum Gasteiger partial charge on any atom is 0.274 e. The molecule has 6 nitrogen and oxygen atoms in total. The van der Waals surface area contributed by atoms with E-state index in [0.717, 1.165) is 32.4 Å². The molecule has 1 aromatic heterocycles. The number of anilines is 1. The van der Waals surface area contributed by atoms with Gasteiger partial charge in [-0.3, -0.25) is 14.6 Å². The van der Waals surface area contributed by atoms with Gasteiger partial charge in [-0.1, -0.05) is 30.0 Å². The van der Waals surface area contributed by atoms with E-state index in [2.05, 4.69) is 21.8 Å². The highest BCUT2D eigenvalue weighted by Crippen LogP contribution is 2.41. The Morgan fingerprint density at radius 1 is 1.07 bits per heavy atom. The second-order valence-corrected chi connectivity index (χ2v) is 7.11. The Balaban J connectivity index is 1.93. The van der Waals surface area contributed by atoms with Crippen molar-refractivity contribution in [3.05, 3.63) is 77.6 Å². The predicted molar refractivity (Wildman–Crippen MR) is 111 cm³/mol. The van der Waals surface area contributed by atoms with E-state index < -0.39 is 0 Å². The predicted octanol–water partition coefficient (Wildman–Crippen LogP) is 4.05. The Morgan fingerprint density at radius 2 is 1.93 bits per heavy atom. The van der Waals surface area contributed by atoms with Crippen molar-refractivity contribution < 1.29 is 9.63 Å². The van der Waals surface area contributed by atoms with E-state index >= 15 is 0 Å². The van der Waals surface area contributed by atoms with Crippen molar-refractivity contribution in [3.8, 4) is 0 Å². The quantitative estimate of drug-likeness (QED) is 0.514. The molecule has 1 amide bonds. The largest absolute Gasteiger partial charge is 0.386 e. The van der Waals surface area contributed by atoms with Gasteiger partial charge in [0.25, 0.3) is 5.91 Å². The molecule has 0 spiro atoms. The molecular formula is C21H18N4O2S. The van der Waals surface area contributed by atoms with Crippen molar-refractivity contribution in [3.63, 3.8) is 0 Å². The second-order valence-electron chi connectivity index (χ2n) is 6.03. The number of carbonyl (C=O) groups excluding carboxylic acids is 1. The van der Waals surface area contributed by atoms with Crippen LogP contribution in [0.15, 0.2) is 75.6 Å². The number of hydroxylamine groups is 1. The molecule has 2 heterocycles. The highest BCUT2D eigenvalue weighted by Gasteiger charge is 2.22. The van der Waals surface area contributed by atoms with Gasteiger partial charge in [0.2, 0.25) is 0 Å². The number of benzene rings is 2. The van der Waals surface area contributed by atoms with Crippen molar-refractivity contribution in [1.29, 1.82) is 0 Å². The first kappa shape index (κ1) is 18.2. The van der Waals surface area contributed by atoms with Crippen LogP contribution in [0.25, 0.3) is 0 Å². The molecule has 3 aromatic rings. The minimum Gasteiger partial charge on any atom is -0.386 e. The summed E-state index contributed by atoms with van der Waals surface area (Å²) in [7, 11) is 3.27. The summed E-state index contributed by atoms with van der Waals surface area (Å²) in [5.41, 5.74) is 6.95. The van der Waals surface area contributed by atoms with Crippen molar-refractivity contribution >= 4 is 34.8 Å². The summed E-state index contributed by atoms with van der Waals surface area (Å²) >= 11 is 1.62. The Labute approximate surface area is 167 Å².